The lowest BCUT2D eigenvalue weighted by Gasteiger charge is -2.30. The van der Waals surface area contributed by atoms with Gasteiger partial charge in [-0.25, -0.2) is 4.98 Å². The van der Waals surface area contributed by atoms with Gasteiger partial charge in [-0.1, -0.05) is 20.3 Å². The SMILES string of the molecule is CCCc1cc2c(N3CCn4c(nnc4C(F)(F)F)C3)nc(N3CC[C@H](C(CC)C(N)=O)C3)nc2s1. The Balaban J connectivity index is 1.49. The van der Waals surface area contributed by atoms with E-state index in [-0.39, 0.29) is 36.7 Å². The van der Waals surface area contributed by atoms with Crippen LogP contribution in [0.4, 0.5) is 24.9 Å². The summed E-state index contributed by atoms with van der Waals surface area (Å²) in [7, 11) is 0. The van der Waals surface area contributed by atoms with Crippen LogP contribution >= 0.6 is 11.3 Å². The molecule has 0 radical (unpaired) electrons. The van der Waals surface area contributed by atoms with Gasteiger partial charge in [0, 0.05) is 37.0 Å². The van der Waals surface area contributed by atoms with E-state index in [0.717, 1.165) is 40.6 Å². The lowest BCUT2D eigenvalue weighted by atomic mass is 9.89. The van der Waals surface area contributed by atoms with E-state index >= 15 is 0 Å². The van der Waals surface area contributed by atoms with Crippen LogP contribution in [0.2, 0.25) is 0 Å². The quantitative estimate of drug-likeness (QED) is 0.505. The standard InChI is InChI=1S/C23H29F3N8OS/c1-3-5-14-10-16-19(32-8-9-34-17(12-32)30-31-21(34)23(24,25)26)28-22(29-20(16)36-14)33-7-6-13(11-33)15(4-2)18(27)35/h10,13,15H,3-9,11-12H2,1-2H3,(H2,27,35)/t13-,15?/m0/s1. The lowest BCUT2D eigenvalue weighted by molar-refractivity contribution is -0.147. The van der Waals surface area contributed by atoms with Crippen LogP contribution in [0.15, 0.2) is 6.07 Å². The van der Waals surface area contributed by atoms with Gasteiger partial charge in [-0.05, 0) is 31.2 Å². The molecule has 36 heavy (non-hydrogen) atoms. The van der Waals surface area contributed by atoms with Crippen molar-refractivity contribution in [3.05, 3.63) is 22.6 Å². The Morgan fingerprint density at radius 2 is 2.00 bits per heavy atom. The molecule has 2 N–H and O–H groups in total. The molecule has 1 amide bonds. The van der Waals surface area contributed by atoms with Gasteiger partial charge in [0.05, 0.1) is 11.9 Å². The number of alkyl halides is 3. The predicted octanol–water partition coefficient (Wildman–Crippen LogP) is 3.61. The molecule has 3 aromatic rings. The zero-order valence-corrected chi connectivity index (χ0v) is 21.1. The number of nitrogens with zero attached hydrogens (tertiary/aromatic N) is 7. The minimum Gasteiger partial charge on any atom is -0.369 e. The van der Waals surface area contributed by atoms with Crippen molar-refractivity contribution in [1.82, 2.24) is 24.7 Å². The summed E-state index contributed by atoms with van der Waals surface area (Å²) >= 11 is 1.62. The third kappa shape index (κ3) is 4.48. The second-order valence-electron chi connectivity index (χ2n) is 9.45. The molecule has 0 aliphatic carbocycles. The van der Waals surface area contributed by atoms with Gasteiger partial charge < -0.3 is 20.1 Å². The highest BCUT2D eigenvalue weighted by atomic mass is 32.1. The molecule has 1 saturated heterocycles. The molecule has 2 aliphatic heterocycles. The Hall–Kier alpha value is -2.96. The molecule has 9 nitrogen and oxygen atoms in total. The van der Waals surface area contributed by atoms with Gasteiger partial charge >= 0.3 is 6.18 Å². The molecule has 0 saturated carbocycles. The maximum atomic E-state index is 13.3. The van der Waals surface area contributed by atoms with Crippen molar-refractivity contribution in [2.75, 3.05) is 29.4 Å². The number of hydrogen-bond acceptors (Lipinski definition) is 8. The van der Waals surface area contributed by atoms with Crippen molar-refractivity contribution in [3.63, 3.8) is 0 Å². The summed E-state index contributed by atoms with van der Waals surface area (Å²) in [6, 6.07) is 2.09. The van der Waals surface area contributed by atoms with E-state index in [9.17, 15) is 18.0 Å². The smallest absolute Gasteiger partial charge is 0.369 e. The number of anilines is 2. The summed E-state index contributed by atoms with van der Waals surface area (Å²) < 4.78 is 41.1. The number of hydrogen-bond donors (Lipinski definition) is 1. The molecule has 5 rings (SSSR count). The number of aromatic nitrogens is 5. The average molecular weight is 523 g/mol. The van der Waals surface area contributed by atoms with Crippen LogP contribution in [-0.2, 0) is 30.5 Å². The zero-order valence-electron chi connectivity index (χ0n) is 20.3. The van der Waals surface area contributed by atoms with E-state index in [1.165, 1.54) is 4.88 Å². The fourth-order valence-electron chi connectivity index (χ4n) is 5.31. The number of aryl methyl sites for hydroxylation is 1. The van der Waals surface area contributed by atoms with E-state index in [2.05, 4.69) is 28.1 Å². The molecule has 0 aromatic carbocycles. The first kappa shape index (κ1) is 24.7. The van der Waals surface area contributed by atoms with Crippen LogP contribution in [0.5, 0.6) is 0 Å². The van der Waals surface area contributed by atoms with E-state index in [1.54, 1.807) is 11.3 Å². The van der Waals surface area contributed by atoms with Gasteiger partial charge in [0.2, 0.25) is 17.7 Å². The second kappa shape index (κ2) is 9.49. The van der Waals surface area contributed by atoms with Crippen molar-refractivity contribution in [3.8, 4) is 0 Å². The molecular formula is C23H29F3N8OS. The number of halogens is 3. The van der Waals surface area contributed by atoms with Crippen molar-refractivity contribution in [1.29, 1.82) is 0 Å². The van der Waals surface area contributed by atoms with Crippen LogP contribution in [0.25, 0.3) is 10.2 Å². The van der Waals surface area contributed by atoms with Crippen molar-refractivity contribution in [2.24, 2.45) is 17.6 Å². The Kier molecular flexibility index (Phi) is 6.52. The summed E-state index contributed by atoms with van der Waals surface area (Å²) in [6.07, 6.45) is -1.11. The number of carbonyl (C=O) groups is 1. The highest BCUT2D eigenvalue weighted by molar-refractivity contribution is 7.18. The number of rotatable bonds is 7. The van der Waals surface area contributed by atoms with Gasteiger partial charge in [0.25, 0.3) is 0 Å². The lowest BCUT2D eigenvalue weighted by Crippen LogP contribution is -2.36. The van der Waals surface area contributed by atoms with E-state index in [4.69, 9.17) is 15.7 Å². The largest absolute Gasteiger partial charge is 0.451 e. The molecule has 0 bridgehead atoms. The predicted molar refractivity (Wildman–Crippen MR) is 131 cm³/mol. The molecule has 2 atom stereocenters. The molecule has 2 aliphatic rings. The van der Waals surface area contributed by atoms with Crippen molar-refractivity contribution >= 4 is 39.2 Å². The number of thiophene rings is 1. The fraction of sp³-hybridized carbons (Fsp3) is 0.609. The van der Waals surface area contributed by atoms with Gasteiger partial charge in [0.1, 0.15) is 10.6 Å². The number of carbonyl (C=O) groups excluding carboxylic acids is 1. The van der Waals surface area contributed by atoms with Crippen LogP contribution in [0, 0.1) is 11.8 Å². The molecule has 5 heterocycles. The minimum absolute atomic E-state index is 0.118. The number of amides is 1. The first-order valence-corrected chi connectivity index (χ1v) is 13.1. The van der Waals surface area contributed by atoms with Crippen molar-refractivity contribution in [2.45, 2.75) is 58.8 Å². The Bertz CT molecular complexity index is 1270. The van der Waals surface area contributed by atoms with E-state index in [1.807, 2.05) is 11.8 Å². The summed E-state index contributed by atoms with van der Waals surface area (Å²) in [4.78, 5) is 27.8. The molecule has 194 valence electrons. The van der Waals surface area contributed by atoms with Gasteiger partial charge in [-0.3, -0.25) is 4.79 Å². The number of primary amides is 1. The summed E-state index contributed by atoms with van der Waals surface area (Å²) in [6.45, 7) is 6.09. The third-order valence-corrected chi connectivity index (χ3v) is 8.19. The molecule has 3 aromatic heterocycles. The minimum atomic E-state index is -4.54. The van der Waals surface area contributed by atoms with Crippen LogP contribution in [0.3, 0.4) is 0 Å². The van der Waals surface area contributed by atoms with Crippen LogP contribution in [0.1, 0.15) is 49.6 Å². The van der Waals surface area contributed by atoms with E-state index in [0.29, 0.717) is 31.3 Å². The molecule has 0 spiro atoms. The average Bonchev–Trinajstić information content (AvgIpc) is 3.56. The second-order valence-corrected chi connectivity index (χ2v) is 10.6. The summed E-state index contributed by atoms with van der Waals surface area (Å²) in [5.41, 5.74) is 5.63. The number of nitrogens with two attached hydrogens (primary N) is 1. The first-order valence-electron chi connectivity index (χ1n) is 12.3. The number of fused-ring (bicyclic) bond motifs is 2. The Morgan fingerprint density at radius 1 is 1.19 bits per heavy atom. The maximum Gasteiger partial charge on any atom is 0.451 e. The van der Waals surface area contributed by atoms with Crippen molar-refractivity contribution < 1.29 is 18.0 Å². The van der Waals surface area contributed by atoms with Crippen LogP contribution in [-0.4, -0.2) is 50.3 Å². The van der Waals surface area contributed by atoms with Crippen LogP contribution < -0.4 is 15.5 Å². The monoisotopic (exact) mass is 522 g/mol. The maximum absolute atomic E-state index is 13.3. The third-order valence-electron chi connectivity index (χ3n) is 7.10. The molecule has 1 fully saturated rings. The molecule has 13 heteroatoms. The zero-order chi connectivity index (χ0) is 25.6. The van der Waals surface area contributed by atoms with Gasteiger partial charge in [0.15, 0.2) is 5.82 Å². The summed E-state index contributed by atoms with van der Waals surface area (Å²) in [5.74, 6) is 0.248. The molecular weight excluding hydrogens is 493 g/mol. The van der Waals surface area contributed by atoms with E-state index < -0.39 is 12.0 Å². The highest BCUT2D eigenvalue weighted by Gasteiger charge is 2.40. The topological polar surface area (TPSA) is 106 Å². The first-order chi connectivity index (χ1) is 17.2. The highest BCUT2D eigenvalue weighted by Crippen LogP contribution is 2.37. The summed E-state index contributed by atoms with van der Waals surface area (Å²) in [5, 5.41) is 8.12. The Morgan fingerprint density at radius 3 is 2.69 bits per heavy atom. The fourth-order valence-corrected chi connectivity index (χ4v) is 6.43. The molecule has 1 unspecified atom stereocenters. The van der Waals surface area contributed by atoms with Gasteiger partial charge in [-0.15, -0.1) is 21.5 Å². The normalized spacial score (nSPS) is 19.2. The van der Waals surface area contributed by atoms with Gasteiger partial charge in [-0.2, -0.15) is 18.2 Å². The Labute approximate surface area is 210 Å².